The fraction of sp³-hybridized carbons (Fsp3) is 0.367. The number of ether oxygens (including phenoxy) is 3. The molecule has 0 spiro atoms. The molecular formula is C30H33N3O4S. The Labute approximate surface area is 228 Å². The fourth-order valence-corrected chi connectivity index (χ4v) is 5.83. The molecule has 1 aliphatic carbocycles. The molecule has 198 valence electrons. The maximum Gasteiger partial charge on any atom is 0.262 e. The second-order valence-corrected chi connectivity index (χ2v) is 11.4. The van der Waals surface area contributed by atoms with E-state index in [1.165, 1.54) is 4.88 Å². The van der Waals surface area contributed by atoms with Crippen LogP contribution in [0.2, 0.25) is 0 Å². The number of carbonyl (C=O) groups is 1. The van der Waals surface area contributed by atoms with Gasteiger partial charge in [-0.3, -0.25) is 4.79 Å². The van der Waals surface area contributed by atoms with Crippen LogP contribution in [0.15, 0.2) is 47.5 Å². The van der Waals surface area contributed by atoms with Crippen molar-refractivity contribution in [2.24, 2.45) is 16.3 Å². The van der Waals surface area contributed by atoms with E-state index in [2.05, 4.69) is 37.1 Å². The number of fused-ring (bicyclic) bond motifs is 1. The molecule has 38 heavy (non-hydrogen) atoms. The number of methoxy groups -OCH3 is 2. The van der Waals surface area contributed by atoms with Crippen LogP contribution in [-0.4, -0.2) is 32.9 Å². The molecular weight excluding hydrogens is 498 g/mol. The zero-order valence-electron chi connectivity index (χ0n) is 22.5. The molecule has 1 atom stereocenters. The highest BCUT2D eigenvalue weighted by atomic mass is 32.1. The summed E-state index contributed by atoms with van der Waals surface area (Å²) < 4.78 is 16.5. The largest absolute Gasteiger partial charge is 0.495 e. The monoisotopic (exact) mass is 531 g/mol. The van der Waals surface area contributed by atoms with Crippen molar-refractivity contribution in [3.8, 4) is 23.3 Å². The molecule has 1 N–H and O–H groups in total. The molecule has 4 rings (SSSR count). The average Bonchev–Trinajstić information content (AvgIpc) is 3.27. The molecule has 0 saturated heterocycles. The first-order valence-electron chi connectivity index (χ1n) is 12.6. The normalized spacial score (nSPS) is 15.0. The van der Waals surface area contributed by atoms with E-state index in [0.717, 1.165) is 35.4 Å². The lowest BCUT2D eigenvalue weighted by Crippen LogP contribution is -2.26. The Morgan fingerprint density at radius 1 is 1.16 bits per heavy atom. The lowest BCUT2D eigenvalue weighted by molar-refractivity contribution is -0.118. The van der Waals surface area contributed by atoms with Gasteiger partial charge in [-0.05, 0) is 72.1 Å². The van der Waals surface area contributed by atoms with E-state index in [1.807, 2.05) is 18.2 Å². The van der Waals surface area contributed by atoms with Crippen LogP contribution in [0.4, 0.5) is 10.7 Å². The Kier molecular flexibility index (Phi) is 8.38. The van der Waals surface area contributed by atoms with Gasteiger partial charge in [0.2, 0.25) is 0 Å². The molecule has 8 heteroatoms. The summed E-state index contributed by atoms with van der Waals surface area (Å²) in [4.78, 5) is 18.4. The minimum Gasteiger partial charge on any atom is -0.495 e. The Bertz CT molecular complexity index is 1380. The molecule has 0 unspecified atom stereocenters. The van der Waals surface area contributed by atoms with E-state index < -0.39 is 0 Å². The minimum absolute atomic E-state index is 0.191. The number of carbonyl (C=O) groups excluding carboxylic acids is 1. The lowest BCUT2D eigenvalue weighted by Gasteiger charge is -2.33. The van der Waals surface area contributed by atoms with Crippen molar-refractivity contribution in [3.63, 3.8) is 0 Å². The molecule has 1 amide bonds. The summed E-state index contributed by atoms with van der Waals surface area (Å²) in [5.74, 6) is 1.78. The van der Waals surface area contributed by atoms with Crippen molar-refractivity contribution in [2.75, 3.05) is 26.1 Å². The first-order valence-corrected chi connectivity index (χ1v) is 13.4. The maximum atomic E-state index is 12.4. The van der Waals surface area contributed by atoms with Crippen LogP contribution >= 0.6 is 11.3 Å². The quantitative estimate of drug-likeness (QED) is 0.333. The second kappa shape index (κ2) is 11.7. The zero-order chi connectivity index (χ0) is 27.3. The zero-order valence-corrected chi connectivity index (χ0v) is 23.3. The van der Waals surface area contributed by atoms with Crippen LogP contribution in [-0.2, 0) is 17.6 Å². The Morgan fingerprint density at radius 2 is 1.92 bits per heavy atom. The highest BCUT2D eigenvalue weighted by Crippen LogP contribution is 2.45. The van der Waals surface area contributed by atoms with Crippen molar-refractivity contribution < 1.29 is 19.0 Å². The molecule has 1 aromatic heterocycles. The van der Waals surface area contributed by atoms with Gasteiger partial charge in [0.1, 0.15) is 16.8 Å². The molecule has 0 fully saturated rings. The molecule has 3 aromatic rings. The number of nitrogens with one attached hydrogen (secondary N) is 1. The van der Waals surface area contributed by atoms with E-state index in [-0.39, 0.29) is 17.9 Å². The fourth-order valence-electron chi connectivity index (χ4n) is 4.61. The molecule has 0 aliphatic heterocycles. The van der Waals surface area contributed by atoms with E-state index >= 15 is 0 Å². The van der Waals surface area contributed by atoms with Gasteiger partial charge in [-0.1, -0.05) is 32.9 Å². The second-order valence-electron chi connectivity index (χ2n) is 10.3. The van der Waals surface area contributed by atoms with Gasteiger partial charge in [0.15, 0.2) is 18.1 Å². The highest BCUT2D eigenvalue weighted by molar-refractivity contribution is 7.16. The third kappa shape index (κ3) is 6.17. The van der Waals surface area contributed by atoms with E-state index in [4.69, 9.17) is 14.2 Å². The summed E-state index contributed by atoms with van der Waals surface area (Å²) in [6.45, 7) is 6.67. The Hall–Kier alpha value is -3.83. The SMILES string of the molecule is COc1ccccc1NC(=O)COc1ccc(C=Nc2sc3c(c2C#N)CC[C@@H](C(C)(C)C)C3)cc1OC. The third-order valence-corrected chi connectivity index (χ3v) is 8.00. The number of anilines is 1. The van der Waals surface area contributed by atoms with Gasteiger partial charge in [0.05, 0.1) is 25.5 Å². The Morgan fingerprint density at radius 3 is 2.63 bits per heavy atom. The molecule has 1 aliphatic rings. The summed E-state index contributed by atoms with van der Waals surface area (Å²) in [6.07, 6.45) is 4.76. The highest BCUT2D eigenvalue weighted by Gasteiger charge is 2.32. The van der Waals surface area contributed by atoms with Crippen molar-refractivity contribution >= 4 is 34.1 Å². The summed E-state index contributed by atoms with van der Waals surface area (Å²) in [6, 6.07) is 14.9. The molecule has 0 radical (unpaired) electrons. The first-order chi connectivity index (χ1) is 18.2. The average molecular weight is 532 g/mol. The number of nitriles is 1. The number of amides is 1. The van der Waals surface area contributed by atoms with Crippen LogP contribution in [0.3, 0.4) is 0 Å². The molecule has 1 heterocycles. The van der Waals surface area contributed by atoms with Crippen molar-refractivity contribution in [1.82, 2.24) is 0 Å². The molecule has 2 aromatic carbocycles. The van der Waals surface area contributed by atoms with Gasteiger partial charge < -0.3 is 19.5 Å². The minimum atomic E-state index is -0.318. The summed E-state index contributed by atoms with van der Waals surface area (Å²) in [5.41, 5.74) is 3.48. The molecule has 7 nitrogen and oxygen atoms in total. The van der Waals surface area contributed by atoms with Gasteiger partial charge >= 0.3 is 0 Å². The number of para-hydroxylation sites is 2. The summed E-state index contributed by atoms with van der Waals surface area (Å²) in [5, 5.41) is 13.4. The predicted octanol–water partition coefficient (Wildman–Crippen LogP) is 6.56. The smallest absolute Gasteiger partial charge is 0.262 e. The van der Waals surface area contributed by atoms with Crippen LogP contribution in [0.5, 0.6) is 17.2 Å². The van der Waals surface area contributed by atoms with Crippen molar-refractivity contribution in [3.05, 3.63) is 64.0 Å². The van der Waals surface area contributed by atoms with Crippen LogP contribution in [0.1, 0.15) is 48.8 Å². The van der Waals surface area contributed by atoms with Gasteiger partial charge in [0.25, 0.3) is 5.91 Å². The van der Waals surface area contributed by atoms with E-state index in [0.29, 0.717) is 34.4 Å². The number of aliphatic imine (C=N–C) groups is 1. The predicted molar refractivity (Wildman–Crippen MR) is 151 cm³/mol. The van der Waals surface area contributed by atoms with Crippen LogP contribution in [0.25, 0.3) is 0 Å². The van der Waals surface area contributed by atoms with Crippen molar-refractivity contribution in [2.45, 2.75) is 40.0 Å². The number of thiophene rings is 1. The van der Waals surface area contributed by atoms with Gasteiger partial charge in [-0.2, -0.15) is 5.26 Å². The lowest BCUT2D eigenvalue weighted by atomic mass is 9.72. The topological polar surface area (TPSA) is 92.9 Å². The van der Waals surface area contributed by atoms with Crippen LogP contribution < -0.4 is 19.5 Å². The van der Waals surface area contributed by atoms with Gasteiger partial charge in [-0.15, -0.1) is 11.3 Å². The number of hydrogen-bond donors (Lipinski definition) is 1. The number of hydrogen-bond acceptors (Lipinski definition) is 7. The Balaban J connectivity index is 1.45. The number of rotatable bonds is 8. The maximum absolute atomic E-state index is 12.4. The summed E-state index contributed by atoms with van der Waals surface area (Å²) >= 11 is 1.62. The van der Waals surface area contributed by atoms with Crippen LogP contribution in [0, 0.1) is 22.7 Å². The molecule has 0 bridgehead atoms. The van der Waals surface area contributed by atoms with Crippen molar-refractivity contribution in [1.29, 1.82) is 5.26 Å². The first kappa shape index (κ1) is 27.2. The van der Waals surface area contributed by atoms with E-state index in [1.54, 1.807) is 56.0 Å². The van der Waals surface area contributed by atoms with E-state index in [9.17, 15) is 10.1 Å². The third-order valence-electron chi connectivity index (χ3n) is 6.84. The van der Waals surface area contributed by atoms with Gasteiger partial charge in [0, 0.05) is 11.1 Å². The van der Waals surface area contributed by atoms with Gasteiger partial charge in [-0.25, -0.2) is 4.99 Å². The standard InChI is InChI=1S/C30H33N3O4S/c1-30(2,3)20-11-12-21-22(16-31)29(38-27(21)15-20)32-17-19-10-13-25(26(14-19)36-5)37-18-28(34)33-23-8-6-7-9-24(23)35-4/h6-10,13-14,17,20H,11-12,15,18H2,1-5H3,(H,33,34)/t20-/m1/s1. The number of nitrogens with zero attached hydrogens (tertiary/aromatic N) is 2. The summed E-state index contributed by atoms with van der Waals surface area (Å²) in [7, 11) is 3.10. The number of benzene rings is 2. The molecule has 0 saturated carbocycles.